The predicted octanol–water partition coefficient (Wildman–Crippen LogP) is 1.48. The molecular formula is C15H21N3O2. The van der Waals surface area contributed by atoms with E-state index >= 15 is 0 Å². The van der Waals surface area contributed by atoms with Crippen LogP contribution in [0.25, 0.3) is 10.9 Å². The van der Waals surface area contributed by atoms with Gasteiger partial charge in [0.2, 0.25) is 0 Å². The number of hydrogen-bond donors (Lipinski definition) is 2. The highest BCUT2D eigenvalue weighted by molar-refractivity contribution is 6.06. The number of aromatic nitrogens is 1. The van der Waals surface area contributed by atoms with Gasteiger partial charge in [0.15, 0.2) is 0 Å². The predicted molar refractivity (Wildman–Crippen MR) is 80.0 cm³/mol. The molecule has 2 N–H and O–H groups in total. The molecule has 0 atom stereocenters. The highest BCUT2D eigenvalue weighted by Gasteiger charge is 2.10. The normalized spacial score (nSPS) is 11.2. The molecule has 1 heterocycles. The number of ether oxygens (including phenoxy) is 1. The van der Waals surface area contributed by atoms with Crippen LogP contribution in [-0.2, 0) is 4.74 Å². The Bertz CT molecular complexity index is 565. The minimum atomic E-state index is -0.0393. The lowest BCUT2D eigenvalue weighted by atomic mass is 10.1. The summed E-state index contributed by atoms with van der Waals surface area (Å²) in [5.41, 5.74) is 1.68. The summed E-state index contributed by atoms with van der Waals surface area (Å²) in [5, 5.41) is 3.90. The molecule has 2 aromatic rings. The SMILES string of the molecule is COCCN(C)CCNC(=O)c1c[nH]c2ccccc12. The van der Waals surface area contributed by atoms with Gasteiger partial charge in [0.05, 0.1) is 12.2 Å². The molecular weight excluding hydrogens is 254 g/mol. The largest absolute Gasteiger partial charge is 0.383 e. The number of rotatable bonds is 7. The quantitative estimate of drug-likeness (QED) is 0.804. The van der Waals surface area contributed by atoms with Gasteiger partial charge in [0, 0.05) is 43.8 Å². The Hall–Kier alpha value is -1.85. The summed E-state index contributed by atoms with van der Waals surface area (Å²) in [7, 11) is 3.70. The van der Waals surface area contributed by atoms with Crippen LogP contribution in [0.15, 0.2) is 30.5 Å². The van der Waals surface area contributed by atoms with E-state index in [1.165, 1.54) is 0 Å². The Morgan fingerprint density at radius 2 is 2.15 bits per heavy atom. The van der Waals surface area contributed by atoms with E-state index in [1.807, 2.05) is 31.3 Å². The number of para-hydroxylation sites is 1. The first kappa shape index (κ1) is 14.6. The second-order valence-electron chi connectivity index (χ2n) is 4.80. The molecule has 0 fully saturated rings. The third kappa shape index (κ3) is 3.59. The minimum absolute atomic E-state index is 0.0393. The topological polar surface area (TPSA) is 57.4 Å². The maximum Gasteiger partial charge on any atom is 0.253 e. The fraction of sp³-hybridized carbons (Fsp3) is 0.400. The van der Waals surface area contributed by atoms with Crippen molar-refractivity contribution in [2.75, 3.05) is 40.4 Å². The number of fused-ring (bicyclic) bond motifs is 1. The molecule has 0 aliphatic rings. The van der Waals surface area contributed by atoms with Crippen molar-refractivity contribution >= 4 is 16.8 Å². The van der Waals surface area contributed by atoms with Crippen molar-refractivity contribution in [3.05, 3.63) is 36.0 Å². The first-order chi connectivity index (χ1) is 9.72. The number of benzene rings is 1. The average Bonchev–Trinajstić information content (AvgIpc) is 2.89. The van der Waals surface area contributed by atoms with E-state index in [9.17, 15) is 4.79 Å². The number of carbonyl (C=O) groups is 1. The van der Waals surface area contributed by atoms with Gasteiger partial charge in [-0.05, 0) is 13.1 Å². The number of aromatic amines is 1. The molecule has 0 saturated heterocycles. The Morgan fingerprint density at radius 1 is 1.35 bits per heavy atom. The Kier molecular flexibility index (Phi) is 5.15. The smallest absolute Gasteiger partial charge is 0.253 e. The molecule has 1 amide bonds. The summed E-state index contributed by atoms with van der Waals surface area (Å²) in [5.74, 6) is -0.0393. The van der Waals surface area contributed by atoms with Crippen molar-refractivity contribution in [2.24, 2.45) is 0 Å². The summed E-state index contributed by atoms with van der Waals surface area (Å²) in [6.07, 6.45) is 1.76. The van der Waals surface area contributed by atoms with E-state index in [1.54, 1.807) is 13.3 Å². The number of methoxy groups -OCH3 is 1. The molecule has 0 bridgehead atoms. The van der Waals surface area contributed by atoms with Crippen LogP contribution in [0.3, 0.4) is 0 Å². The molecule has 5 nitrogen and oxygen atoms in total. The van der Waals surface area contributed by atoms with E-state index in [0.717, 1.165) is 24.0 Å². The summed E-state index contributed by atoms with van der Waals surface area (Å²) in [6, 6.07) is 7.80. The number of carbonyl (C=O) groups excluding carboxylic acids is 1. The first-order valence-electron chi connectivity index (χ1n) is 6.74. The fourth-order valence-corrected chi connectivity index (χ4v) is 2.07. The summed E-state index contributed by atoms with van der Waals surface area (Å²) in [4.78, 5) is 17.4. The second kappa shape index (κ2) is 7.07. The zero-order valence-corrected chi connectivity index (χ0v) is 12.0. The average molecular weight is 275 g/mol. The van der Waals surface area contributed by atoms with E-state index in [-0.39, 0.29) is 5.91 Å². The van der Waals surface area contributed by atoms with Crippen LogP contribution in [0.2, 0.25) is 0 Å². The maximum absolute atomic E-state index is 12.1. The molecule has 1 aromatic carbocycles. The van der Waals surface area contributed by atoms with Crippen molar-refractivity contribution in [2.45, 2.75) is 0 Å². The van der Waals surface area contributed by atoms with Gasteiger partial charge in [-0.25, -0.2) is 0 Å². The second-order valence-corrected chi connectivity index (χ2v) is 4.80. The van der Waals surface area contributed by atoms with Crippen LogP contribution in [0.4, 0.5) is 0 Å². The van der Waals surface area contributed by atoms with Crippen molar-refractivity contribution in [3.8, 4) is 0 Å². The molecule has 108 valence electrons. The molecule has 20 heavy (non-hydrogen) atoms. The third-order valence-electron chi connectivity index (χ3n) is 3.29. The highest BCUT2D eigenvalue weighted by atomic mass is 16.5. The third-order valence-corrected chi connectivity index (χ3v) is 3.29. The fourth-order valence-electron chi connectivity index (χ4n) is 2.07. The molecule has 1 aromatic heterocycles. The van der Waals surface area contributed by atoms with E-state index < -0.39 is 0 Å². The first-order valence-corrected chi connectivity index (χ1v) is 6.74. The lowest BCUT2D eigenvalue weighted by molar-refractivity contribution is 0.0949. The molecule has 5 heteroatoms. The van der Waals surface area contributed by atoms with Crippen LogP contribution in [0.1, 0.15) is 10.4 Å². The lowest BCUT2D eigenvalue weighted by Gasteiger charge is -2.16. The van der Waals surface area contributed by atoms with Crippen molar-refractivity contribution < 1.29 is 9.53 Å². The van der Waals surface area contributed by atoms with Gasteiger partial charge in [0.1, 0.15) is 0 Å². The zero-order chi connectivity index (χ0) is 14.4. The maximum atomic E-state index is 12.1. The summed E-state index contributed by atoms with van der Waals surface area (Å²) in [6.45, 7) is 2.99. The molecule has 0 radical (unpaired) electrons. The molecule has 0 saturated carbocycles. The van der Waals surface area contributed by atoms with Gasteiger partial charge in [-0.2, -0.15) is 0 Å². The zero-order valence-electron chi connectivity index (χ0n) is 12.0. The number of H-pyrrole nitrogens is 1. The lowest BCUT2D eigenvalue weighted by Crippen LogP contribution is -2.34. The highest BCUT2D eigenvalue weighted by Crippen LogP contribution is 2.17. The van der Waals surface area contributed by atoms with Crippen LogP contribution >= 0.6 is 0 Å². The minimum Gasteiger partial charge on any atom is -0.383 e. The number of amides is 1. The van der Waals surface area contributed by atoms with Crippen LogP contribution < -0.4 is 5.32 Å². The molecule has 0 unspecified atom stereocenters. The standard InChI is InChI=1S/C15H21N3O2/c1-18(9-10-20-2)8-7-16-15(19)13-11-17-14-6-4-3-5-12(13)14/h3-6,11,17H,7-10H2,1-2H3,(H,16,19). The Balaban J connectivity index is 1.86. The summed E-state index contributed by atoms with van der Waals surface area (Å²) < 4.78 is 5.01. The monoisotopic (exact) mass is 275 g/mol. The van der Waals surface area contributed by atoms with Gasteiger partial charge >= 0.3 is 0 Å². The molecule has 0 aliphatic carbocycles. The van der Waals surface area contributed by atoms with E-state index in [0.29, 0.717) is 18.7 Å². The number of hydrogen-bond acceptors (Lipinski definition) is 3. The van der Waals surface area contributed by atoms with Crippen molar-refractivity contribution in [1.82, 2.24) is 15.2 Å². The number of nitrogens with one attached hydrogen (secondary N) is 2. The van der Waals surface area contributed by atoms with Gasteiger partial charge in [-0.1, -0.05) is 18.2 Å². The van der Waals surface area contributed by atoms with Gasteiger partial charge in [-0.3, -0.25) is 4.79 Å². The van der Waals surface area contributed by atoms with Gasteiger partial charge in [0.25, 0.3) is 5.91 Å². The Labute approximate surface area is 118 Å². The van der Waals surface area contributed by atoms with Crippen molar-refractivity contribution in [3.63, 3.8) is 0 Å². The van der Waals surface area contributed by atoms with Crippen LogP contribution in [0, 0.1) is 0 Å². The van der Waals surface area contributed by atoms with Crippen LogP contribution in [-0.4, -0.2) is 56.2 Å². The van der Waals surface area contributed by atoms with Crippen molar-refractivity contribution in [1.29, 1.82) is 0 Å². The molecule has 0 spiro atoms. The Morgan fingerprint density at radius 3 is 2.95 bits per heavy atom. The van der Waals surface area contributed by atoms with E-state index in [4.69, 9.17) is 4.74 Å². The van der Waals surface area contributed by atoms with Crippen LogP contribution in [0.5, 0.6) is 0 Å². The number of nitrogens with zero attached hydrogens (tertiary/aromatic N) is 1. The van der Waals surface area contributed by atoms with Gasteiger partial charge in [-0.15, -0.1) is 0 Å². The molecule has 2 rings (SSSR count). The number of likely N-dealkylation sites (N-methyl/N-ethyl adjacent to an activating group) is 1. The molecule has 0 aliphatic heterocycles. The summed E-state index contributed by atoms with van der Waals surface area (Å²) >= 11 is 0. The van der Waals surface area contributed by atoms with E-state index in [2.05, 4.69) is 15.2 Å². The van der Waals surface area contributed by atoms with Gasteiger partial charge < -0.3 is 19.9 Å².